The van der Waals surface area contributed by atoms with Gasteiger partial charge in [-0.05, 0) is 38.1 Å². The van der Waals surface area contributed by atoms with Gasteiger partial charge in [-0.3, -0.25) is 5.10 Å². The second kappa shape index (κ2) is 8.28. The molecule has 0 radical (unpaired) electrons. The number of hydrogen-bond acceptors (Lipinski definition) is 6. The van der Waals surface area contributed by atoms with Crippen LogP contribution in [0.25, 0.3) is 0 Å². The largest absolute Gasteiger partial charge is 0.492 e. The van der Waals surface area contributed by atoms with Crippen LogP contribution in [0.1, 0.15) is 23.0 Å². The molecule has 1 aromatic heterocycles. The summed E-state index contributed by atoms with van der Waals surface area (Å²) in [6.45, 7) is 3.33. The number of ether oxygens (including phenoxy) is 2. The van der Waals surface area contributed by atoms with Crippen LogP contribution >= 0.6 is 0 Å². The van der Waals surface area contributed by atoms with E-state index in [0.29, 0.717) is 11.4 Å². The number of benzene rings is 1. The predicted octanol–water partition coefficient (Wildman–Crippen LogP) is 1.73. The number of carbonyl (C=O) groups excluding carboxylic acids is 1. The second-order valence-corrected chi connectivity index (χ2v) is 7.34. The van der Waals surface area contributed by atoms with Crippen molar-refractivity contribution in [1.29, 1.82) is 0 Å². The Hall–Kier alpha value is -2.46. The predicted molar refractivity (Wildman–Crippen MR) is 91.0 cm³/mol. The molecule has 0 aliphatic rings. The maximum absolute atomic E-state index is 12.9. The normalized spacial score (nSPS) is 11.6. The van der Waals surface area contributed by atoms with Crippen molar-refractivity contribution in [2.24, 2.45) is 0 Å². The number of aromatic amines is 1. The summed E-state index contributed by atoms with van der Waals surface area (Å²) in [6.07, 6.45) is 0. The van der Waals surface area contributed by atoms with Crippen LogP contribution in [-0.4, -0.2) is 55.7 Å². The lowest BCUT2D eigenvalue weighted by molar-refractivity contribution is 0.0521. The number of rotatable bonds is 8. The first kappa shape index (κ1) is 19.9. The van der Waals surface area contributed by atoms with Gasteiger partial charge in [0.2, 0.25) is 5.03 Å². The molecule has 0 aliphatic carbocycles. The van der Waals surface area contributed by atoms with Crippen LogP contribution in [0.15, 0.2) is 29.3 Å². The number of likely N-dealkylation sites (N-methyl/N-ethyl adjacent to an activating group) is 1. The van der Waals surface area contributed by atoms with E-state index >= 15 is 0 Å². The van der Waals surface area contributed by atoms with Gasteiger partial charge in [0, 0.05) is 19.3 Å². The molecule has 142 valence electrons. The van der Waals surface area contributed by atoms with E-state index in [1.54, 1.807) is 6.92 Å². The molecule has 2 aromatic rings. The van der Waals surface area contributed by atoms with Gasteiger partial charge >= 0.3 is 5.97 Å². The van der Waals surface area contributed by atoms with Crippen molar-refractivity contribution in [3.8, 4) is 5.75 Å². The molecule has 2 rings (SSSR count). The summed E-state index contributed by atoms with van der Waals surface area (Å²) in [7, 11) is -2.67. The molecule has 0 spiro atoms. The van der Waals surface area contributed by atoms with E-state index in [1.807, 2.05) is 0 Å². The Labute approximate surface area is 151 Å². The van der Waals surface area contributed by atoms with Gasteiger partial charge in [-0.15, -0.1) is 0 Å². The fourth-order valence-electron chi connectivity index (χ4n) is 2.13. The van der Waals surface area contributed by atoms with Crippen molar-refractivity contribution in [3.05, 3.63) is 41.3 Å². The molecule has 1 aromatic carbocycles. The molecule has 26 heavy (non-hydrogen) atoms. The quantitative estimate of drug-likeness (QED) is 0.695. The van der Waals surface area contributed by atoms with Crippen LogP contribution in [-0.2, 0) is 14.8 Å². The van der Waals surface area contributed by atoms with Gasteiger partial charge in [0.1, 0.15) is 23.7 Å². The van der Waals surface area contributed by atoms with Crippen molar-refractivity contribution in [1.82, 2.24) is 14.5 Å². The number of nitrogens with one attached hydrogen (secondary N) is 1. The Balaban J connectivity index is 2.09. The van der Waals surface area contributed by atoms with E-state index in [9.17, 15) is 17.6 Å². The maximum Gasteiger partial charge on any atom is 0.343 e. The van der Waals surface area contributed by atoms with Gasteiger partial charge in [-0.25, -0.2) is 17.6 Å². The Morgan fingerprint density at radius 3 is 2.58 bits per heavy atom. The molecular weight excluding hydrogens is 365 g/mol. The molecule has 0 fully saturated rings. The SMILES string of the molecule is CCOC(=O)c1c(S(=O)(=O)N(C)CCOc2ccc(F)cc2)n[nH]c1C. The number of sulfonamides is 1. The van der Waals surface area contributed by atoms with E-state index in [4.69, 9.17) is 9.47 Å². The van der Waals surface area contributed by atoms with E-state index in [2.05, 4.69) is 10.2 Å². The number of aromatic nitrogens is 2. The minimum Gasteiger partial charge on any atom is -0.492 e. The minimum absolute atomic E-state index is 0.00782. The number of aryl methyl sites for hydroxylation is 1. The lowest BCUT2D eigenvalue weighted by Crippen LogP contribution is -2.32. The smallest absolute Gasteiger partial charge is 0.343 e. The Kier molecular flexibility index (Phi) is 6.32. The highest BCUT2D eigenvalue weighted by Crippen LogP contribution is 2.20. The zero-order valence-corrected chi connectivity index (χ0v) is 15.5. The molecule has 0 unspecified atom stereocenters. The van der Waals surface area contributed by atoms with Crippen molar-refractivity contribution in [3.63, 3.8) is 0 Å². The standard InChI is InChI=1S/C16H20FN3O5S/c1-4-24-16(21)14-11(2)18-19-15(14)26(22,23)20(3)9-10-25-13-7-5-12(17)6-8-13/h5-8H,4,9-10H2,1-3H3,(H,18,19). The average Bonchev–Trinajstić information content (AvgIpc) is 2.99. The van der Waals surface area contributed by atoms with Crippen LogP contribution in [0.4, 0.5) is 4.39 Å². The van der Waals surface area contributed by atoms with E-state index in [-0.39, 0.29) is 25.3 Å². The third-order valence-corrected chi connectivity index (χ3v) is 5.32. The van der Waals surface area contributed by atoms with Crippen LogP contribution < -0.4 is 4.74 Å². The van der Waals surface area contributed by atoms with Gasteiger partial charge in [0.25, 0.3) is 10.0 Å². The van der Waals surface area contributed by atoms with Gasteiger partial charge in [0.05, 0.1) is 6.61 Å². The van der Waals surface area contributed by atoms with Crippen molar-refractivity contribution in [2.75, 3.05) is 26.8 Å². The molecule has 1 heterocycles. The highest BCUT2D eigenvalue weighted by atomic mass is 32.2. The first-order valence-corrected chi connectivity index (χ1v) is 9.28. The highest BCUT2D eigenvalue weighted by molar-refractivity contribution is 7.89. The lowest BCUT2D eigenvalue weighted by atomic mass is 10.3. The molecule has 8 nitrogen and oxygen atoms in total. The minimum atomic E-state index is -4.02. The van der Waals surface area contributed by atoms with Gasteiger partial charge < -0.3 is 9.47 Å². The van der Waals surface area contributed by atoms with Crippen LogP contribution in [0.5, 0.6) is 5.75 Å². The number of nitrogens with zero attached hydrogens (tertiary/aromatic N) is 2. The number of carbonyl (C=O) groups is 1. The maximum atomic E-state index is 12.9. The fraction of sp³-hybridized carbons (Fsp3) is 0.375. The molecule has 0 saturated heterocycles. The summed E-state index contributed by atoms with van der Waals surface area (Å²) < 4.78 is 49.5. The van der Waals surface area contributed by atoms with Crippen LogP contribution in [0.3, 0.4) is 0 Å². The van der Waals surface area contributed by atoms with E-state index < -0.39 is 26.8 Å². The summed E-state index contributed by atoms with van der Waals surface area (Å²) in [5.74, 6) is -0.731. The average molecular weight is 385 g/mol. The molecule has 1 N–H and O–H groups in total. The summed E-state index contributed by atoms with van der Waals surface area (Å²) in [5.41, 5.74) is 0.191. The second-order valence-electron chi connectivity index (χ2n) is 5.38. The molecule has 0 atom stereocenters. The fourth-order valence-corrected chi connectivity index (χ4v) is 3.39. The van der Waals surface area contributed by atoms with Gasteiger partial charge in [-0.2, -0.15) is 9.40 Å². The molecule has 0 amide bonds. The first-order chi connectivity index (χ1) is 12.3. The molecular formula is C16H20FN3O5S. The zero-order chi connectivity index (χ0) is 19.3. The zero-order valence-electron chi connectivity index (χ0n) is 14.7. The summed E-state index contributed by atoms with van der Waals surface area (Å²) in [6, 6.07) is 5.38. The Bertz CT molecular complexity index is 865. The summed E-state index contributed by atoms with van der Waals surface area (Å²) in [5, 5.41) is 5.86. The van der Waals surface area contributed by atoms with Crippen molar-refractivity contribution < 1.29 is 27.1 Å². The molecule has 0 saturated carbocycles. The first-order valence-electron chi connectivity index (χ1n) is 7.84. The summed E-state index contributed by atoms with van der Waals surface area (Å²) in [4.78, 5) is 12.0. The monoisotopic (exact) mass is 385 g/mol. The van der Waals surface area contributed by atoms with Gasteiger partial charge in [-0.1, -0.05) is 0 Å². The summed E-state index contributed by atoms with van der Waals surface area (Å²) >= 11 is 0. The molecule has 0 bridgehead atoms. The third kappa shape index (κ3) is 4.38. The van der Waals surface area contributed by atoms with E-state index in [0.717, 1.165) is 4.31 Å². The van der Waals surface area contributed by atoms with Gasteiger partial charge in [0.15, 0.2) is 0 Å². The van der Waals surface area contributed by atoms with Crippen molar-refractivity contribution in [2.45, 2.75) is 18.9 Å². The lowest BCUT2D eigenvalue weighted by Gasteiger charge is -2.16. The highest BCUT2D eigenvalue weighted by Gasteiger charge is 2.32. The van der Waals surface area contributed by atoms with Crippen LogP contribution in [0, 0.1) is 12.7 Å². The third-order valence-electron chi connectivity index (χ3n) is 3.54. The van der Waals surface area contributed by atoms with Crippen molar-refractivity contribution >= 4 is 16.0 Å². The Morgan fingerprint density at radius 2 is 1.96 bits per heavy atom. The Morgan fingerprint density at radius 1 is 1.31 bits per heavy atom. The number of hydrogen-bond donors (Lipinski definition) is 1. The van der Waals surface area contributed by atoms with Crippen LogP contribution in [0.2, 0.25) is 0 Å². The molecule has 0 aliphatic heterocycles. The topological polar surface area (TPSA) is 102 Å². The number of halogens is 1. The molecule has 10 heteroatoms. The van der Waals surface area contributed by atoms with E-state index in [1.165, 1.54) is 38.2 Å². The number of H-pyrrole nitrogens is 1. The number of esters is 1.